The summed E-state index contributed by atoms with van der Waals surface area (Å²) >= 11 is 0. The third kappa shape index (κ3) is 5.24. The number of nitrogens with zero attached hydrogens (tertiary/aromatic N) is 5. The Kier molecular flexibility index (Phi) is 7.54. The number of nitrogens with one attached hydrogen (secondary N) is 1. The minimum absolute atomic E-state index is 0.0282. The highest BCUT2D eigenvalue weighted by molar-refractivity contribution is 5.73. The number of fused-ring (bicyclic) bond motifs is 1. The van der Waals surface area contributed by atoms with E-state index >= 15 is 0 Å². The molecule has 2 aliphatic heterocycles. The van der Waals surface area contributed by atoms with Crippen LogP contribution in [0.25, 0.3) is 0 Å². The van der Waals surface area contributed by atoms with E-state index in [0.29, 0.717) is 45.3 Å². The molecule has 4 rings (SSSR count). The molecule has 35 heavy (non-hydrogen) atoms. The van der Waals surface area contributed by atoms with Crippen LogP contribution in [0.5, 0.6) is 5.75 Å². The van der Waals surface area contributed by atoms with Crippen molar-refractivity contribution in [2.75, 3.05) is 43.0 Å². The SMILES string of the molecule is CCOc1cccc(C(C)Nc2nc(N3CCN(C(C)=O)CC3)nc3c2CN(C(C)C)[C@H]3C=O)c1. The van der Waals surface area contributed by atoms with Crippen LogP contribution in [0.3, 0.4) is 0 Å². The highest BCUT2D eigenvalue weighted by atomic mass is 16.5. The van der Waals surface area contributed by atoms with Crippen LogP contribution in [-0.2, 0) is 16.1 Å². The molecule has 3 heterocycles. The third-order valence-corrected chi connectivity index (χ3v) is 6.83. The molecule has 1 saturated heterocycles. The van der Waals surface area contributed by atoms with Gasteiger partial charge < -0.3 is 24.6 Å². The zero-order valence-corrected chi connectivity index (χ0v) is 21.3. The first kappa shape index (κ1) is 24.9. The number of carbonyl (C=O) groups is 2. The molecular formula is C26H36N6O3. The summed E-state index contributed by atoms with van der Waals surface area (Å²) in [6, 6.07) is 7.82. The summed E-state index contributed by atoms with van der Waals surface area (Å²) in [4.78, 5) is 39.8. The smallest absolute Gasteiger partial charge is 0.227 e. The van der Waals surface area contributed by atoms with E-state index in [1.165, 1.54) is 0 Å². The lowest BCUT2D eigenvalue weighted by Gasteiger charge is -2.34. The van der Waals surface area contributed by atoms with Crippen LogP contribution in [0.4, 0.5) is 11.8 Å². The fraction of sp³-hybridized carbons (Fsp3) is 0.538. The lowest BCUT2D eigenvalue weighted by atomic mass is 10.1. The standard InChI is InChI=1S/C26H36N6O3/c1-6-35-21-9-7-8-20(14-21)18(4)27-25-22-15-32(17(2)3)23(16-33)24(22)28-26(29-25)31-12-10-30(11-13-31)19(5)34/h7-9,14,16-18,23H,6,10-13,15H2,1-5H3,(H,27,28,29)/t18?,23-/m0/s1. The molecule has 1 amide bonds. The van der Waals surface area contributed by atoms with Crippen molar-refractivity contribution in [2.24, 2.45) is 0 Å². The first-order valence-corrected chi connectivity index (χ1v) is 12.4. The first-order valence-electron chi connectivity index (χ1n) is 12.4. The second-order valence-electron chi connectivity index (χ2n) is 9.45. The largest absolute Gasteiger partial charge is 0.494 e. The van der Waals surface area contributed by atoms with Crippen molar-refractivity contribution in [3.8, 4) is 5.75 Å². The predicted octanol–water partition coefficient (Wildman–Crippen LogP) is 3.18. The van der Waals surface area contributed by atoms with Gasteiger partial charge >= 0.3 is 0 Å². The quantitative estimate of drug-likeness (QED) is 0.576. The molecule has 188 valence electrons. The van der Waals surface area contributed by atoms with Gasteiger partial charge in [-0.2, -0.15) is 4.98 Å². The number of piperazine rings is 1. The number of rotatable bonds is 8. The summed E-state index contributed by atoms with van der Waals surface area (Å²) < 4.78 is 5.68. The predicted molar refractivity (Wildman–Crippen MR) is 136 cm³/mol. The maximum absolute atomic E-state index is 12.2. The van der Waals surface area contributed by atoms with Gasteiger partial charge in [-0.3, -0.25) is 9.69 Å². The second kappa shape index (κ2) is 10.6. The van der Waals surface area contributed by atoms with Crippen LogP contribution in [0.1, 0.15) is 63.5 Å². The van der Waals surface area contributed by atoms with Gasteiger partial charge in [0.2, 0.25) is 11.9 Å². The van der Waals surface area contributed by atoms with Crippen LogP contribution in [-0.4, -0.2) is 70.8 Å². The zero-order valence-electron chi connectivity index (χ0n) is 21.3. The maximum Gasteiger partial charge on any atom is 0.227 e. The van der Waals surface area contributed by atoms with Crippen LogP contribution in [0.2, 0.25) is 0 Å². The Bertz CT molecular complexity index is 1070. The topological polar surface area (TPSA) is 90.9 Å². The molecule has 0 radical (unpaired) electrons. The Hall–Kier alpha value is -3.20. The maximum atomic E-state index is 12.2. The van der Waals surface area contributed by atoms with Gasteiger partial charge in [0.05, 0.1) is 18.3 Å². The summed E-state index contributed by atoms with van der Waals surface area (Å²) in [5.74, 6) is 2.27. The lowest BCUT2D eigenvalue weighted by Crippen LogP contribution is -2.48. The molecular weight excluding hydrogens is 444 g/mol. The molecule has 1 fully saturated rings. The minimum atomic E-state index is -0.401. The Labute approximate surface area is 207 Å². The van der Waals surface area contributed by atoms with Crippen molar-refractivity contribution in [1.29, 1.82) is 0 Å². The molecule has 0 spiro atoms. The molecule has 1 N–H and O–H groups in total. The van der Waals surface area contributed by atoms with Crippen molar-refractivity contribution >= 4 is 24.0 Å². The van der Waals surface area contributed by atoms with E-state index in [0.717, 1.165) is 34.7 Å². The molecule has 9 heteroatoms. The van der Waals surface area contributed by atoms with Gasteiger partial charge in [0, 0.05) is 51.3 Å². The Balaban J connectivity index is 1.67. The number of anilines is 2. The number of hydrogen-bond donors (Lipinski definition) is 1. The van der Waals surface area contributed by atoms with E-state index in [4.69, 9.17) is 14.7 Å². The fourth-order valence-electron chi connectivity index (χ4n) is 4.78. The van der Waals surface area contributed by atoms with Gasteiger partial charge in [-0.25, -0.2) is 4.98 Å². The van der Waals surface area contributed by atoms with E-state index in [1.54, 1.807) is 6.92 Å². The highest BCUT2D eigenvalue weighted by Crippen LogP contribution is 2.38. The van der Waals surface area contributed by atoms with E-state index in [1.807, 2.05) is 30.0 Å². The number of hydrogen-bond acceptors (Lipinski definition) is 8. The highest BCUT2D eigenvalue weighted by Gasteiger charge is 2.37. The number of ether oxygens (including phenoxy) is 1. The van der Waals surface area contributed by atoms with Crippen molar-refractivity contribution in [3.05, 3.63) is 41.1 Å². The molecule has 2 aromatic rings. The molecule has 0 saturated carbocycles. The molecule has 2 atom stereocenters. The van der Waals surface area contributed by atoms with Crippen molar-refractivity contribution in [2.45, 2.75) is 59.3 Å². The summed E-state index contributed by atoms with van der Waals surface area (Å²) in [7, 11) is 0. The molecule has 0 bridgehead atoms. The monoisotopic (exact) mass is 480 g/mol. The summed E-state index contributed by atoms with van der Waals surface area (Å²) in [6.07, 6.45) is 0.981. The van der Waals surface area contributed by atoms with Gasteiger partial charge in [-0.1, -0.05) is 12.1 Å². The van der Waals surface area contributed by atoms with Crippen LogP contribution < -0.4 is 15.0 Å². The van der Waals surface area contributed by atoms with Gasteiger partial charge in [0.1, 0.15) is 23.9 Å². The lowest BCUT2D eigenvalue weighted by molar-refractivity contribution is -0.129. The molecule has 9 nitrogen and oxygen atoms in total. The number of carbonyl (C=O) groups excluding carboxylic acids is 2. The van der Waals surface area contributed by atoms with Crippen molar-refractivity contribution in [3.63, 3.8) is 0 Å². The van der Waals surface area contributed by atoms with E-state index in [-0.39, 0.29) is 18.0 Å². The van der Waals surface area contributed by atoms with E-state index < -0.39 is 6.04 Å². The number of benzene rings is 1. The summed E-state index contributed by atoms with van der Waals surface area (Å²) in [6.45, 7) is 13.7. The van der Waals surface area contributed by atoms with Gasteiger partial charge in [-0.05, 0) is 45.4 Å². The van der Waals surface area contributed by atoms with Crippen molar-refractivity contribution < 1.29 is 14.3 Å². The number of aromatic nitrogens is 2. The van der Waals surface area contributed by atoms with Crippen LogP contribution in [0.15, 0.2) is 24.3 Å². The van der Waals surface area contributed by atoms with E-state index in [9.17, 15) is 9.59 Å². The van der Waals surface area contributed by atoms with Crippen LogP contribution >= 0.6 is 0 Å². The second-order valence-corrected chi connectivity index (χ2v) is 9.45. The zero-order chi connectivity index (χ0) is 25.1. The minimum Gasteiger partial charge on any atom is -0.494 e. The van der Waals surface area contributed by atoms with Crippen molar-refractivity contribution in [1.82, 2.24) is 19.8 Å². The average molecular weight is 481 g/mol. The molecule has 2 aliphatic rings. The first-order chi connectivity index (χ1) is 16.8. The summed E-state index contributed by atoms with van der Waals surface area (Å²) in [5.41, 5.74) is 2.82. The Morgan fingerprint density at radius 2 is 1.94 bits per heavy atom. The molecule has 1 aromatic heterocycles. The molecule has 0 aliphatic carbocycles. The molecule has 1 unspecified atom stereocenters. The number of aldehydes is 1. The Morgan fingerprint density at radius 3 is 2.57 bits per heavy atom. The molecule has 1 aromatic carbocycles. The van der Waals surface area contributed by atoms with Gasteiger partial charge in [0.25, 0.3) is 0 Å². The van der Waals surface area contributed by atoms with Crippen LogP contribution in [0, 0.1) is 0 Å². The normalized spacial score (nSPS) is 19.0. The third-order valence-electron chi connectivity index (χ3n) is 6.83. The van der Waals surface area contributed by atoms with E-state index in [2.05, 4.69) is 42.0 Å². The fourth-order valence-corrected chi connectivity index (χ4v) is 4.78. The number of amides is 1. The summed E-state index contributed by atoms with van der Waals surface area (Å²) in [5, 5.41) is 3.60. The Morgan fingerprint density at radius 1 is 1.20 bits per heavy atom. The average Bonchev–Trinajstić information content (AvgIpc) is 3.24. The van der Waals surface area contributed by atoms with Gasteiger partial charge in [0.15, 0.2) is 0 Å². The van der Waals surface area contributed by atoms with Gasteiger partial charge in [-0.15, -0.1) is 0 Å².